The fraction of sp³-hybridized carbons (Fsp3) is 0.471. The molecule has 194 valence electrons. The van der Waals surface area contributed by atoms with Gasteiger partial charge in [-0.25, -0.2) is 0 Å². The van der Waals surface area contributed by atoms with E-state index in [1.165, 1.54) is 88.2 Å². The first-order chi connectivity index (χ1) is 17.8. The second-order valence-electron chi connectivity index (χ2n) is 9.98. The van der Waals surface area contributed by atoms with Gasteiger partial charge in [-0.3, -0.25) is 0 Å². The average Bonchev–Trinajstić information content (AvgIpc) is 2.90. The van der Waals surface area contributed by atoms with E-state index in [2.05, 4.69) is 50.2 Å². The van der Waals surface area contributed by atoms with Crippen LogP contribution in [0.2, 0.25) is 0 Å². The predicted octanol–water partition coefficient (Wildman–Crippen LogP) is 11.1. The lowest BCUT2D eigenvalue weighted by Gasteiger charge is -2.13. The van der Waals surface area contributed by atoms with Crippen molar-refractivity contribution >= 4 is 0 Å². The first-order valence-corrected chi connectivity index (χ1v) is 14.4. The fourth-order valence-electron chi connectivity index (χ4n) is 4.62. The highest BCUT2D eigenvalue weighted by atomic mass is 16.5. The monoisotopic (exact) mass is 486 g/mol. The molecule has 0 atom stereocenters. The molecule has 2 heteroatoms. The lowest BCUT2D eigenvalue weighted by atomic mass is 10.0. The van der Waals surface area contributed by atoms with Gasteiger partial charge in [0, 0.05) is 0 Å². The van der Waals surface area contributed by atoms with Gasteiger partial charge in [0.1, 0.15) is 11.5 Å². The molecular formula is C34H46O2. The first kappa shape index (κ1) is 27.8. The molecule has 0 heterocycles. The molecule has 0 unspecified atom stereocenters. The normalized spacial score (nSPS) is 10.9. The Morgan fingerprint density at radius 1 is 0.444 bits per heavy atom. The first-order valence-electron chi connectivity index (χ1n) is 14.4. The highest BCUT2D eigenvalue weighted by Gasteiger charge is 2.08. The van der Waals surface area contributed by atoms with Gasteiger partial charge in [-0.15, -0.1) is 0 Å². The minimum Gasteiger partial charge on any atom is -0.453 e. The Balaban J connectivity index is 1.54. The molecule has 0 bridgehead atoms. The number of rotatable bonds is 18. The van der Waals surface area contributed by atoms with Crippen molar-refractivity contribution in [2.75, 3.05) is 0 Å². The Morgan fingerprint density at radius 3 is 1.31 bits per heavy atom. The molecule has 2 nitrogen and oxygen atoms in total. The van der Waals surface area contributed by atoms with Crippen LogP contribution in [0.25, 0.3) is 0 Å². The Kier molecular flexibility index (Phi) is 13.0. The number of hydrogen-bond donors (Lipinski definition) is 0. The molecule has 0 aliphatic carbocycles. The van der Waals surface area contributed by atoms with Gasteiger partial charge in [0.05, 0.1) is 0 Å². The van der Waals surface area contributed by atoms with Crippen LogP contribution >= 0.6 is 0 Å². The highest BCUT2D eigenvalue weighted by molar-refractivity contribution is 5.46. The summed E-state index contributed by atoms with van der Waals surface area (Å²) in [5.74, 6) is 3.23. The predicted molar refractivity (Wildman–Crippen MR) is 154 cm³/mol. The molecule has 0 aliphatic rings. The summed E-state index contributed by atoms with van der Waals surface area (Å²) in [5.41, 5.74) is 2.67. The molecule has 0 saturated heterocycles. The van der Waals surface area contributed by atoms with E-state index in [1.54, 1.807) is 0 Å². The zero-order chi connectivity index (χ0) is 25.3. The van der Waals surface area contributed by atoms with Gasteiger partial charge in [-0.1, -0.05) is 114 Å². The van der Waals surface area contributed by atoms with Crippen molar-refractivity contribution < 1.29 is 9.47 Å². The van der Waals surface area contributed by atoms with Crippen LogP contribution in [0.4, 0.5) is 0 Å². The Hall–Kier alpha value is -2.74. The van der Waals surface area contributed by atoms with Crippen LogP contribution in [0.1, 0.15) is 102 Å². The molecule has 0 aromatic heterocycles. The van der Waals surface area contributed by atoms with Crippen molar-refractivity contribution in [3.05, 3.63) is 83.9 Å². The summed E-state index contributed by atoms with van der Waals surface area (Å²) >= 11 is 0. The Morgan fingerprint density at radius 2 is 0.861 bits per heavy atom. The number of ether oxygens (including phenoxy) is 2. The summed E-state index contributed by atoms with van der Waals surface area (Å²) < 4.78 is 12.6. The molecule has 0 spiro atoms. The van der Waals surface area contributed by atoms with E-state index in [0.717, 1.165) is 35.8 Å². The van der Waals surface area contributed by atoms with E-state index in [-0.39, 0.29) is 0 Å². The van der Waals surface area contributed by atoms with E-state index in [9.17, 15) is 0 Å². The van der Waals surface area contributed by atoms with Crippen molar-refractivity contribution in [3.8, 4) is 23.0 Å². The number of unbranched alkanes of at least 4 members (excludes halogenated alkanes) is 10. The zero-order valence-corrected chi connectivity index (χ0v) is 22.6. The lowest BCUT2D eigenvalue weighted by molar-refractivity contribution is 0.418. The number of benzene rings is 3. The Labute approximate surface area is 220 Å². The van der Waals surface area contributed by atoms with Gasteiger partial charge < -0.3 is 9.47 Å². The van der Waals surface area contributed by atoms with Crippen molar-refractivity contribution in [1.82, 2.24) is 0 Å². The molecule has 36 heavy (non-hydrogen) atoms. The smallest absolute Gasteiger partial charge is 0.169 e. The van der Waals surface area contributed by atoms with Crippen LogP contribution in [0.3, 0.4) is 0 Å². The van der Waals surface area contributed by atoms with Crippen LogP contribution in [-0.2, 0) is 12.8 Å². The van der Waals surface area contributed by atoms with Crippen molar-refractivity contribution in [2.24, 2.45) is 0 Å². The third-order valence-electron chi connectivity index (χ3n) is 6.74. The summed E-state index contributed by atoms with van der Waals surface area (Å²) in [6, 6.07) is 25.0. The molecule has 0 radical (unpaired) electrons. The zero-order valence-electron chi connectivity index (χ0n) is 22.6. The third kappa shape index (κ3) is 10.5. The fourth-order valence-corrected chi connectivity index (χ4v) is 4.62. The largest absolute Gasteiger partial charge is 0.453 e. The highest BCUT2D eigenvalue weighted by Crippen LogP contribution is 2.35. The summed E-state index contributed by atoms with van der Waals surface area (Å²) in [4.78, 5) is 0. The maximum Gasteiger partial charge on any atom is 0.169 e. The number of aryl methyl sites for hydroxylation is 2. The average molecular weight is 487 g/mol. The van der Waals surface area contributed by atoms with E-state index < -0.39 is 0 Å². The maximum atomic E-state index is 6.30. The van der Waals surface area contributed by atoms with Crippen molar-refractivity contribution in [3.63, 3.8) is 0 Å². The van der Waals surface area contributed by atoms with E-state index in [1.807, 2.05) is 36.4 Å². The van der Waals surface area contributed by atoms with Crippen LogP contribution in [0.15, 0.2) is 72.8 Å². The van der Waals surface area contributed by atoms with E-state index in [0.29, 0.717) is 0 Å². The second kappa shape index (κ2) is 16.8. The molecular weight excluding hydrogens is 440 g/mol. The number of hydrogen-bond acceptors (Lipinski definition) is 2. The second-order valence-corrected chi connectivity index (χ2v) is 9.98. The van der Waals surface area contributed by atoms with Gasteiger partial charge >= 0.3 is 0 Å². The van der Waals surface area contributed by atoms with Crippen LogP contribution in [-0.4, -0.2) is 0 Å². The van der Waals surface area contributed by atoms with Crippen LogP contribution < -0.4 is 9.47 Å². The summed E-state index contributed by atoms with van der Waals surface area (Å²) in [5, 5.41) is 0. The van der Waals surface area contributed by atoms with Crippen LogP contribution in [0.5, 0.6) is 23.0 Å². The quantitative estimate of drug-likeness (QED) is 0.166. The van der Waals surface area contributed by atoms with E-state index >= 15 is 0 Å². The van der Waals surface area contributed by atoms with Gasteiger partial charge in [0.25, 0.3) is 0 Å². The van der Waals surface area contributed by atoms with Crippen molar-refractivity contribution in [1.29, 1.82) is 0 Å². The third-order valence-corrected chi connectivity index (χ3v) is 6.74. The number of para-hydroxylation sites is 2. The molecule has 0 aliphatic heterocycles. The van der Waals surface area contributed by atoms with E-state index in [4.69, 9.17) is 9.47 Å². The summed E-state index contributed by atoms with van der Waals surface area (Å²) in [6.07, 6.45) is 18.0. The Bertz CT molecular complexity index is 913. The molecule has 0 amide bonds. The molecule has 3 aromatic carbocycles. The van der Waals surface area contributed by atoms with Gasteiger partial charge in [-0.2, -0.15) is 0 Å². The standard InChI is InChI=1S/C34H46O2/c1-3-5-7-9-11-13-19-29-21-17-23-31(27-29)35-33-25-15-16-26-34(33)36-32-24-18-22-30(28-32)20-14-12-10-8-6-4-2/h15-18,21-28H,3-14,19-20H2,1-2H3. The minimum absolute atomic E-state index is 0.746. The van der Waals surface area contributed by atoms with Crippen LogP contribution in [0, 0.1) is 0 Å². The SMILES string of the molecule is CCCCCCCCc1cccc(Oc2ccccc2Oc2cccc(CCCCCCCC)c2)c1. The minimum atomic E-state index is 0.746. The van der Waals surface area contributed by atoms with Crippen molar-refractivity contribution in [2.45, 2.75) is 104 Å². The molecule has 0 fully saturated rings. The summed E-state index contributed by atoms with van der Waals surface area (Å²) in [7, 11) is 0. The molecule has 0 N–H and O–H groups in total. The summed E-state index contributed by atoms with van der Waals surface area (Å²) in [6.45, 7) is 4.53. The molecule has 0 saturated carbocycles. The molecule has 3 aromatic rings. The maximum absolute atomic E-state index is 6.30. The lowest BCUT2D eigenvalue weighted by Crippen LogP contribution is -1.93. The van der Waals surface area contributed by atoms with Gasteiger partial charge in [0.15, 0.2) is 11.5 Å². The van der Waals surface area contributed by atoms with Gasteiger partial charge in [0.2, 0.25) is 0 Å². The molecule has 3 rings (SSSR count). The van der Waals surface area contributed by atoms with Gasteiger partial charge in [-0.05, 0) is 73.2 Å². The topological polar surface area (TPSA) is 18.5 Å².